The van der Waals surface area contributed by atoms with E-state index in [9.17, 15) is 43.9 Å². The van der Waals surface area contributed by atoms with Crippen LogP contribution in [0.2, 0.25) is 0 Å². The van der Waals surface area contributed by atoms with E-state index in [2.05, 4.69) is 5.32 Å². The molecule has 0 fully saturated rings. The van der Waals surface area contributed by atoms with Gasteiger partial charge < -0.3 is 29.2 Å². The summed E-state index contributed by atoms with van der Waals surface area (Å²) >= 11 is 1.17. The summed E-state index contributed by atoms with van der Waals surface area (Å²) in [5, 5.41) is 22.5. The molecule has 5 N–H and O–H groups in total. The summed E-state index contributed by atoms with van der Waals surface area (Å²) in [5.41, 5.74) is 1.57. The molecule has 0 saturated heterocycles. The second kappa shape index (κ2) is 9.41. The van der Waals surface area contributed by atoms with Crippen molar-refractivity contribution in [3.63, 3.8) is 0 Å². The monoisotopic (exact) mass is 515 g/mol. The van der Waals surface area contributed by atoms with Crippen LogP contribution in [0.25, 0.3) is 11.3 Å². The Balaban J connectivity index is 2.00. The van der Waals surface area contributed by atoms with Gasteiger partial charge in [-0.05, 0) is 12.1 Å². The molecule has 3 rings (SSSR count). The summed E-state index contributed by atoms with van der Waals surface area (Å²) < 4.78 is 24.8. The summed E-state index contributed by atoms with van der Waals surface area (Å²) in [6.45, 7) is -0.405. The fourth-order valence-electron chi connectivity index (χ4n) is 3.00. The van der Waals surface area contributed by atoms with Crippen LogP contribution in [0, 0.1) is 10.1 Å². The van der Waals surface area contributed by atoms with E-state index in [0.717, 1.165) is 0 Å². The van der Waals surface area contributed by atoms with Gasteiger partial charge in [0.2, 0.25) is 5.08 Å². The van der Waals surface area contributed by atoms with Gasteiger partial charge in [0, 0.05) is 29.5 Å². The van der Waals surface area contributed by atoms with Crippen LogP contribution in [-0.4, -0.2) is 29.8 Å². The van der Waals surface area contributed by atoms with Crippen molar-refractivity contribution < 1.29 is 43.3 Å². The van der Waals surface area contributed by atoms with Gasteiger partial charge in [-0.25, -0.2) is 9.88 Å². The van der Waals surface area contributed by atoms with E-state index in [-0.39, 0.29) is 5.69 Å². The summed E-state index contributed by atoms with van der Waals surface area (Å²) in [6, 6.07) is 14.3. The van der Waals surface area contributed by atoms with Crippen LogP contribution in [0.5, 0.6) is 0 Å². The normalized spacial score (nSPS) is 15.4. The molecule has 1 aromatic heterocycles. The molecule has 2 unspecified atom stereocenters. The highest BCUT2D eigenvalue weighted by Crippen LogP contribution is 2.67. The van der Waals surface area contributed by atoms with Crippen molar-refractivity contribution >= 4 is 43.0 Å². The Morgan fingerprint density at radius 3 is 2.18 bits per heavy atom. The van der Waals surface area contributed by atoms with E-state index in [1.807, 2.05) is 0 Å². The van der Waals surface area contributed by atoms with Crippen LogP contribution in [0.1, 0.15) is 6.42 Å². The molecule has 0 aliphatic rings. The van der Waals surface area contributed by atoms with Crippen molar-refractivity contribution in [2.45, 2.75) is 18.0 Å². The average molecular weight is 515 g/mol. The zero-order chi connectivity index (χ0) is 24.4. The largest absolute Gasteiger partial charge is 0.776 e. The van der Waals surface area contributed by atoms with Crippen LogP contribution in [0.15, 0.2) is 60.0 Å². The third-order valence-electron chi connectivity index (χ3n) is 4.81. The van der Waals surface area contributed by atoms with Gasteiger partial charge in [0.15, 0.2) is 7.60 Å². The molecule has 0 spiro atoms. The van der Waals surface area contributed by atoms with Gasteiger partial charge in [0.25, 0.3) is 5.69 Å². The van der Waals surface area contributed by atoms with Gasteiger partial charge in [-0.15, -0.1) is 0 Å². The number of non-ortho nitro benzene ring substituents is 1. The maximum absolute atomic E-state index is 11.7. The zero-order valence-electron chi connectivity index (χ0n) is 16.7. The molecule has 176 valence electrons. The van der Waals surface area contributed by atoms with Crippen molar-refractivity contribution in [1.82, 2.24) is 0 Å². The summed E-state index contributed by atoms with van der Waals surface area (Å²) in [7, 11) is -11.5. The van der Waals surface area contributed by atoms with Crippen molar-refractivity contribution in [3.8, 4) is 11.3 Å². The predicted molar refractivity (Wildman–Crippen MR) is 118 cm³/mol. The van der Waals surface area contributed by atoms with Gasteiger partial charge in [0.1, 0.15) is 11.4 Å². The van der Waals surface area contributed by atoms with Crippen LogP contribution < -0.4 is 14.8 Å². The second-order valence-electron chi connectivity index (χ2n) is 6.96. The van der Waals surface area contributed by atoms with Crippen molar-refractivity contribution in [3.05, 3.63) is 70.1 Å². The number of hydrogen-bond acceptors (Lipinski definition) is 8. The maximum atomic E-state index is 11.7. The van der Waals surface area contributed by atoms with E-state index in [1.165, 1.54) is 40.2 Å². The molecule has 15 heteroatoms. The molecule has 0 bridgehead atoms. The van der Waals surface area contributed by atoms with Gasteiger partial charge in [-0.2, -0.15) is 0 Å². The second-order valence-corrected chi connectivity index (χ2v) is 11.8. The number of thiazole rings is 1. The van der Waals surface area contributed by atoms with E-state index in [4.69, 9.17) is 0 Å². The fraction of sp³-hybridized carbons (Fsp3) is 0.167. The van der Waals surface area contributed by atoms with Crippen LogP contribution in [0.4, 0.5) is 16.5 Å². The number of nitro benzene ring substituents is 1. The van der Waals surface area contributed by atoms with Gasteiger partial charge in [0.05, 0.1) is 11.5 Å². The lowest BCUT2D eigenvalue weighted by Gasteiger charge is -2.35. The molecular formula is C18H19N3O9P2S. The molecule has 1 heterocycles. The number of aromatic nitrogens is 1. The summed E-state index contributed by atoms with van der Waals surface area (Å²) in [5.74, 6) is 0. The molecule has 33 heavy (non-hydrogen) atoms. The average Bonchev–Trinajstić information content (AvgIpc) is 3.13. The summed E-state index contributed by atoms with van der Waals surface area (Å²) in [6.07, 6.45) is -1.01. The lowest BCUT2D eigenvalue weighted by atomic mass is 10.2. The van der Waals surface area contributed by atoms with Crippen LogP contribution in [0.3, 0.4) is 0 Å². The predicted octanol–water partition coefficient (Wildman–Crippen LogP) is 2.11. The topological polar surface area (TPSA) is 197 Å². The number of benzene rings is 2. The maximum Gasteiger partial charge on any atom is 0.365 e. The van der Waals surface area contributed by atoms with E-state index in [0.29, 0.717) is 22.1 Å². The Morgan fingerprint density at radius 1 is 1.06 bits per heavy atom. The lowest BCUT2D eigenvalue weighted by Crippen LogP contribution is -2.42. The van der Waals surface area contributed by atoms with E-state index < -0.39 is 38.2 Å². The Bertz CT molecular complexity index is 1220. The SMILES string of the molecule is O=[N+]([O-])c1ccc(Nc2scc(-c3ccccc3)[n+]2CCC(O)(P(=O)([O-])O)P(=O)(O)O)cc1. The molecule has 0 amide bonds. The molecule has 0 aliphatic carbocycles. The number of aliphatic hydroxyl groups is 1. The minimum atomic E-state index is -5.86. The molecule has 3 aromatic rings. The van der Waals surface area contributed by atoms with E-state index in [1.54, 1.807) is 35.7 Å². The number of hydrogen-bond donors (Lipinski definition) is 5. The smallest absolute Gasteiger partial charge is 0.365 e. The minimum Gasteiger partial charge on any atom is -0.776 e. The highest BCUT2D eigenvalue weighted by atomic mass is 32.1. The molecule has 12 nitrogen and oxygen atoms in total. The number of nitrogens with zero attached hydrogens (tertiary/aromatic N) is 2. The van der Waals surface area contributed by atoms with Gasteiger partial charge >= 0.3 is 12.7 Å². The zero-order valence-corrected chi connectivity index (χ0v) is 19.3. The highest BCUT2D eigenvalue weighted by Gasteiger charge is 2.53. The van der Waals surface area contributed by atoms with E-state index >= 15 is 0 Å². The van der Waals surface area contributed by atoms with Crippen molar-refractivity contribution in [2.75, 3.05) is 5.32 Å². The Hall–Kier alpha value is -2.47. The number of anilines is 2. The molecule has 0 radical (unpaired) electrons. The first kappa shape index (κ1) is 25.2. The number of rotatable bonds is 9. The number of nitro groups is 1. The highest BCUT2D eigenvalue weighted by molar-refractivity contribution is 7.71. The molecule has 2 aromatic carbocycles. The third-order valence-corrected chi connectivity index (χ3v) is 9.52. The first-order valence-corrected chi connectivity index (χ1v) is 13.3. The van der Waals surface area contributed by atoms with Gasteiger partial charge in [-0.3, -0.25) is 14.7 Å². The van der Waals surface area contributed by atoms with Gasteiger partial charge in [-0.1, -0.05) is 41.7 Å². The third kappa shape index (κ3) is 5.37. The molecule has 2 atom stereocenters. The van der Waals surface area contributed by atoms with Crippen LogP contribution >= 0.6 is 26.5 Å². The Kier molecular flexibility index (Phi) is 7.18. The molecule has 0 saturated carbocycles. The Labute approximate surface area is 191 Å². The standard InChI is InChI=1S/C18H19N3O9P2S/c22-18(31(25,26)27,32(28,29)30)10-11-20-16(13-4-2-1-3-5-13)12-33-17(20)19-14-6-8-15(9-7-14)21(23)24/h1-9,12,22H,10-11H2,(H4,25,26,27,28,29,30). The van der Waals surface area contributed by atoms with Crippen LogP contribution in [-0.2, 0) is 15.7 Å². The Morgan fingerprint density at radius 2 is 1.67 bits per heavy atom. The molecular weight excluding hydrogens is 496 g/mol. The fourth-order valence-corrected chi connectivity index (χ4v) is 6.07. The first-order valence-electron chi connectivity index (χ1n) is 9.23. The lowest BCUT2D eigenvalue weighted by molar-refractivity contribution is -0.669. The molecule has 0 aliphatic heterocycles. The van der Waals surface area contributed by atoms with Crippen molar-refractivity contribution in [1.29, 1.82) is 0 Å². The van der Waals surface area contributed by atoms with Crippen molar-refractivity contribution in [2.24, 2.45) is 0 Å². The number of nitrogens with one attached hydrogen (secondary N) is 1. The minimum absolute atomic E-state index is 0.120. The summed E-state index contributed by atoms with van der Waals surface area (Å²) in [4.78, 5) is 50.1. The quantitative estimate of drug-likeness (QED) is 0.122. The first-order chi connectivity index (χ1) is 15.3.